The van der Waals surface area contributed by atoms with E-state index in [1.165, 1.54) is 44.6 Å². The van der Waals surface area contributed by atoms with E-state index >= 15 is 0 Å². The van der Waals surface area contributed by atoms with E-state index in [1.54, 1.807) is 0 Å². The molecular formula is C21H24Cl2F2N2. The summed E-state index contributed by atoms with van der Waals surface area (Å²) in [4.78, 5) is 8.51. The lowest BCUT2D eigenvalue weighted by atomic mass is 9.78. The van der Waals surface area contributed by atoms with Crippen molar-refractivity contribution in [1.82, 2.24) is 9.97 Å². The first-order valence-corrected chi connectivity index (χ1v) is 10.4. The lowest BCUT2D eigenvalue weighted by Crippen LogP contribution is -2.15. The minimum atomic E-state index is -0.953. The maximum Gasteiger partial charge on any atom is 0.162 e. The minimum Gasteiger partial charge on any atom is -0.216 e. The van der Waals surface area contributed by atoms with Gasteiger partial charge in [0.1, 0.15) is 10.3 Å². The molecule has 1 aromatic heterocycles. The Bertz CT molecular complexity index is 767. The summed E-state index contributed by atoms with van der Waals surface area (Å²) in [6, 6.07) is 3.50. The number of aromatic nitrogens is 2. The number of rotatable bonds is 6. The normalized spacial score (nSPS) is 20.0. The number of hydrogen-bond donors (Lipinski definition) is 0. The molecule has 1 aromatic carbocycles. The highest BCUT2D eigenvalue weighted by Gasteiger charge is 2.22. The quantitative estimate of drug-likeness (QED) is 0.466. The molecule has 0 unspecified atom stereocenters. The zero-order chi connectivity index (χ0) is 19.4. The number of nitrogens with zero attached hydrogens (tertiary/aromatic N) is 2. The van der Waals surface area contributed by atoms with Gasteiger partial charge in [-0.3, -0.25) is 0 Å². The molecule has 6 heteroatoms. The fourth-order valence-corrected chi connectivity index (χ4v) is 4.54. The Hall–Kier alpha value is -1.26. The highest BCUT2D eigenvalue weighted by Crippen LogP contribution is 2.35. The average Bonchev–Trinajstić information content (AvgIpc) is 2.64. The molecule has 1 fully saturated rings. The zero-order valence-corrected chi connectivity index (χ0v) is 17.0. The van der Waals surface area contributed by atoms with Crippen molar-refractivity contribution in [2.75, 3.05) is 0 Å². The first kappa shape index (κ1) is 20.5. The lowest BCUT2D eigenvalue weighted by Gasteiger charge is -2.28. The highest BCUT2D eigenvalue weighted by molar-refractivity contribution is 6.34. The van der Waals surface area contributed by atoms with Gasteiger partial charge in [-0.15, -0.1) is 0 Å². The highest BCUT2D eigenvalue weighted by atomic mass is 35.5. The van der Waals surface area contributed by atoms with Gasteiger partial charge in [0.05, 0.1) is 0 Å². The van der Waals surface area contributed by atoms with Crippen molar-refractivity contribution in [3.63, 3.8) is 0 Å². The van der Waals surface area contributed by atoms with E-state index in [2.05, 4.69) is 16.9 Å². The van der Waals surface area contributed by atoms with Crippen LogP contribution in [0.25, 0.3) is 11.4 Å². The van der Waals surface area contributed by atoms with Gasteiger partial charge in [0, 0.05) is 11.1 Å². The van der Waals surface area contributed by atoms with Gasteiger partial charge in [-0.2, -0.15) is 0 Å². The van der Waals surface area contributed by atoms with Crippen molar-refractivity contribution < 1.29 is 8.78 Å². The molecule has 0 amide bonds. The molecule has 0 saturated heterocycles. The van der Waals surface area contributed by atoms with Crippen LogP contribution in [0.2, 0.25) is 10.3 Å². The van der Waals surface area contributed by atoms with E-state index in [9.17, 15) is 8.78 Å². The minimum absolute atomic E-state index is 0.202. The van der Waals surface area contributed by atoms with Gasteiger partial charge in [0.15, 0.2) is 17.5 Å². The van der Waals surface area contributed by atoms with Gasteiger partial charge < -0.3 is 0 Å². The average molecular weight is 413 g/mol. The van der Waals surface area contributed by atoms with Gasteiger partial charge in [-0.1, -0.05) is 68.7 Å². The fraction of sp³-hybridized carbons (Fsp3) is 0.524. The first-order valence-electron chi connectivity index (χ1n) is 9.65. The molecule has 0 N–H and O–H groups in total. The van der Waals surface area contributed by atoms with Crippen LogP contribution in [-0.2, 0) is 6.42 Å². The van der Waals surface area contributed by atoms with E-state index in [1.807, 2.05) is 0 Å². The molecule has 0 atom stereocenters. The Balaban J connectivity index is 1.66. The Kier molecular flexibility index (Phi) is 7.04. The first-order chi connectivity index (χ1) is 13.0. The van der Waals surface area contributed by atoms with Crippen molar-refractivity contribution in [2.24, 2.45) is 11.8 Å². The molecule has 2 aromatic rings. The van der Waals surface area contributed by atoms with Crippen LogP contribution in [0, 0.1) is 23.5 Å². The molecule has 2 nitrogen and oxygen atoms in total. The summed E-state index contributed by atoms with van der Waals surface area (Å²) in [6.07, 6.45) is 9.50. The Labute approximate surface area is 169 Å². The number of benzene rings is 1. The molecule has 0 bridgehead atoms. The Morgan fingerprint density at radius 2 is 1.52 bits per heavy atom. The largest absolute Gasteiger partial charge is 0.216 e. The van der Waals surface area contributed by atoms with E-state index in [-0.39, 0.29) is 16.1 Å². The summed E-state index contributed by atoms with van der Waals surface area (Å²) in [5.41, 5.74) is 1.08. The molecule has 1 saturated carbocycles. The van der Waals surface area contributed by atoms with E-state index < -0.39 is 11.6 Å². The second-order valence-electron chi connectivity index (χ2n) is 7.45. The summed E-state index contributed by atoms with van der Waals surface area (Å²) in [5.74, 6) is -0.0895. The van der Waals surface area contributed by atoms with Crippen LogP contribution in [0.5, 0.6) is 0 Å². The Morgan fingerprint density at radius 3 is 2.07 bits per heavy atom. The monoisotopic (exact) mass is 412 g/mol. The fourth-order valence-electron chi connectivity index (χ4n) is 3.97. The van der Waals surface area contributed by atoms with Crippen LogP contribution in [0.3, 0.4) is 0 Å². The third-order valence-corrected chi connectivity index (χ3v) is 6.18. The molecule has 3 rings (SSSR count). The Morgan fingerprint density at radius 1 is 0.926 bits per heavy atom. The van der Waals surface area contributed by atoms with Crippen molar-refractivity contribution >= 4 is 23.2 Å². The molecular weight excluding hydrogens is 389 g/mol. The molecule has 0 aliphatic heterocycles. The molecule has 146 valence electrons. The standard InChI is InChI=1S/C21H24Cl2F2N2/c1-2-3-13-4-6-14(7-5-13)8-10-16-19(22)26-21(27-20(16)23)15-9-11-17(24)18(25)12-15/h9,11-14H,2-8,10H2,1H3. The summed E-state index contributed by atoms with van der Waals surface area (Å²) in [5, 5.41) is 0.573. The second kappa shape index (κ2) is 9.29. The van der Waals surface area contributed by atoms with Crippen LogP contribution < -0.4 is 0 Å². The van der Waals surface area contributed by atoms with Gasteiger partial charge in [0.25, 0.3) is 0 Å². The number of hydrogen-bond acceptors (Lipinski definition) is 2. The van der Waals surface area contributed by atoms with Crippen molar-refractivity contribution in [2.45, 2.75) is 58.3 Å². The third-order valence-electron chi connectivity index (χ3n) is 5.55. The van der Waals surface area contributed by atoms with Crippen molar-refractivity contribution in [3.8, 4) is 11.4 Å². The lowest BCUT2D eigenvalue weighted by molar-refractivity contribution is 0.252. The molecule has 27 heavy (non-hydrogen) atoms. The van der Waals surface area contributed by atoms with Gasteiger partial charge in [-0.25, -0.2) is 18.7 Å². The summed E-state index contributed by atoms with van der Waals surface area (Å²) >= 11 is 12.7. The number of halogens is 4. The van der Waals surface area contributed by atoms with Gasteiger partial charge in [-0.05, 0) is 42.9 Å². The van der Waals surface area contributed by atoms with Crippen LogP contribution in [0.1, 0.15) is 57.4 Å². The maximum atomic E-state index is 13.5. The van der Waals surface area contributed by atoms with E-state index in [4.69, 9.17) is 23.2 Å². The third kappa shape index (κ3) is 5.17. The SMILES string of the molecule is CCCC1CCC(CCc2c(Cl)nc(-c3ccc(F)c(F)c3)nc2Cl)CC1. The molecule has 1 aliphatic rings. The topological polar surface area (TPSA) is 25.8 Å². The zero-order valence-electron chi connectivity index (χ0n) is 15.4. The maximum absolute atomic E-state index is 13.5. The summed E-state index contributed by atoms with van der Waals surface area (Å²) in [7, 11) is 0. The van der Waals surface area contributed by atoms with Crippen LogP contribution >= 0.6 is 23.2 Å². The molecule has 1 heterocycles. The van der Waals surface area contributed by atoms with E-state index in [0.717, 1.165) is 36.5 Å². The van der Waals surface area contributed by atoms with Crippen LogP contribution in [-0.4, -0.2) is 9.97 Å². The predicted octanol–water partition coefficient (Wildman–Crippen LogP) is 7.27. The predicted molar refractivity (Wildman–Crippen MR) is 106 cm³/mol. The molecule has 1 aliphatic carbocycles. The van der Waals surface area contributed by atoms with Crippen LogP contribution in [0.4, 0.5) is 8.78 Å². The van der Waals surface area contributed by atoms with Crippen molar-refractivity contribution in [3.05, 3.63) is 45.7 Å². The van der Waals surface area contributed by atoms with Gasteiger partial charge in [0.2, 0.25) is 0 Å². The van der Waals surface area contributed by atoms with Gasteiger partial charge >= 0.3 is 0 Å². The van der Waals surface area contributed by atoms with Crippen LogP contribution in [0.15, 0.2) is 18.2 Å². The second-order valence-corrected chi connectivity index (χ2v) is 8.17. The molecule has 0 radical (unpaired) electrons. The van der Waals surface area contributed by atoms with E-state index in [0.29, 0.717) is 11.5 Å². The summed E-state index contributed by atoms with van der Waals surface area (Å²) in [6.45, 7) is 2.25. The molecule has 0 spiro atoms. The van der Waals surface area contributed by atoms with Crippen molar-refractivity contribution in [1.29, 1.82) is 0 Å². The summed E-state index contributed by atoms with van der Waals surface area (Å²) < 4.78 is 26.6. The smallest absolute Gasteiger partial charge is 0.162 e.